The third-order valence-corrected chi connectivity index (χ3v) is 1.42. The molecule has 0 aromatic rings. The molecular formula is C5H12ClNO2. The van der Waals surface area contributed by atoms with E-state index in [0.29, 0.717) is 13.2 Å². The zero-order valence-electron chi connectivity index (χ0n) is 5.33. The highest BCUT2D eigenvalue weighted by molar-refractivity contribution is 5.85. The van der Waals surface area contributed by atoms with Crippen LogP contribution in [0.1, 0.15) is 0 Å². The Labute approximate surface area is 60.8 Å². The molecule has 1 fully saturated rings. The van der Waals surface area contributed by atoms with Crippen LogP contribution in [0.4, 0.5) is 0 Å². The SMILES string of the molecule is CNC1COCC1O.Cl. The summed E-state index contributed by atoms with van der Waals surface area (Å²) in [5, 5.41) is 11.9. The van der Waals surface area contributed by atoms with Gasteiger partial charge in [-0.05, 0) is 7.05 Å². The molecule has 0 aromatic heterocycles. The van der Waals surface area contributed by atoms with Gasteiger partial charge in [-0.15, -0.1) is 12.4 Å². The molecule has 1 aliphatic rings. The van der Waals surface area contributed by atoms with Crippen molar-refractivity contribution in [3.05, 3.63) is 0 Å². The van der Waals surface area contributed by atoms with Gasteiger partial charge in [0.25, 0.3) is 0 Å². The van der Waals surface area contributed by atoms with E-state index in [-0.39, 0.29) is 24.6 Å². The Hall–Kier alpha value is 0.170. The number of likely N-dealkylation sites (N-methyl/N-ethyl adjacent to an activating group) is 1. The zero-order chi connectivity index (χ0) is 5.98. The summed E-state index contributed by atoms with van der Waals surface area (Å²) in [4.78, 5) is 0. The van der Waals surface area contributed by atoms with Gasteiger partial charge in [0.2, 0.25) is 0 Å². The van der Waals surface area contributed by atoms with Gasteiger partial charge in [0, 0.05) is 0 Å². The number of hydrogen-bond acceptors (Lipinski definition) is 3. The molecule has 9 heavy (non-hydrogen) atoms. The van der Waals surface area contributed by atoms with Crippen LogP contribution in [-0.2, 0) is 4.74 Å². The van der Waals surface area contributed by atoms with Crippen LogP contribution in [0.2, 0.25) is 0 Å². The molecule has 0 amide bonds. The van der Waals surface area contributed by atoms with E-state index in [9.17, 15) is 0 Å². The second-order valence-corrected chi connectivity index (χ2v) is 2.00. The van der Waals surface area contributed by atoms with Crippen molar-refractivity contribution in [1.29, 1.82) is 0 Å². The van der Waals surface area contributed by atoms with Crippen LogP contribution in [0.5, 0.6) is 0 Å². The summed E-state index contributed by atoms with van der Waals surface area (Å²) >= 11 is 0. The molecule has 2 N–H and O–H groups in total. The molecule has 1 aliphatic heterocycles. The summed E-state index contributed by atoms with van der Waals surface area (Å²) in [7, 11) is 1.82. The maximum atomic E-state index is 9.00. The van der Waals surface area contributed by atoms with Crippen LogP contribution >= 0.6 is 12.4 Å². The highest BCUT2D eigenvalue weighted by Crippen LogP contribution is 2.02. The van der Waals surface area contributed by atoms with Crippen LogP contribution in [0.25, 0.3) is 0 Å². The second kappa shape index (κ2) is 4.06. The fraction of sp³-hybridized carbons (Fsp3) is 1.00. The van der Waals surface area contributed by atoms with Crippen LogP contribution in [0.3, 0.4) is 0 Å². The Morgan fingerprint density at radius 3 is 2.44 bits per heavy atom. The molecule has 0 bridgehead atoms. The highest BCUT2D eigenvalue weighted by atomic mass is 35.5. The Kier molecular flexibility index (Phi) is 4.14. The maximum Gasteiger partial charge on any atom is 0.0948 e. The van der Waals surface area contributed by atoms with Crippen molar-refractivity contribution in [2.24, 2.45) is 0 Å². The van der Waals surface area contributed by atoms with Gasteiger partial charge >= 0.3 is 0 Å². The van der Waals surface area contributed by atoms with Crippen LogP contribution in [0.15, 0.2) is 0 Å². The van der Waals surface area contributed by atoms with Gasteiger partial charge in [-0.25, -0.2) is 0 Å². The van der Waals surface area contributed by atoms with E-state index >= 15 is 0 Å². The van der Waals surface area contributed by atoms with E-state index in [2.05, 4.69) is 5.32 Å². The van der Waals surface area contributed by atoms with Crippen molar-refractivity contribution >= 4 is 12.4 Å². The predicted molar refractivity (Wildman–Crippen MR) is 36.9 cm³/mol. The standard InChI is InChI=1S/C5H11NO2.ClH/c1-6-4-2-8-3-5(4)7;/h4-7H,2-3H2,1H3;1H. The summed E-state index contributed by atoms with van der Waals surface area (Å²) in [6.45, 7) is 1.11. The predicted octanol–water partition coefficient (Wildman–Crippen LogP) is -0.613. The van der Waals surface area contributed by atoms with Crippen molar-refractivity contribution in [1.82, 2.24) is 5.32 Å². The maximum absolute atomic E-state index is 9.00. The zero-order valence-corrected chi connectivity index (χ0v) is 6.15. The summed E-state index contributed by atoms with van der Waals surface area (Å²) in [5.74, 6) is 0. The van der Waals surface area contributed by atoms with Crippen LogP contribution in [0, 0.1) is 0 Å². The normalized spacial score (nSPS) is 34.0. The Bertz CT molecular complexity index is 81.4. The van der Waals surface area contributed by atoms with Gasteiger partial charge < -0.3 is 15.2 Å². The Morgan fingerprint density at radius 1 is 1.56 bits per heavy atom. The van der Waals surface area contributed by atoms with E-state index < -0.39 is 0 Å². The number of hydrogen-bond donors (Lipinski definition) is 2. The summed E-state index contributed by atoms with van der Waals surface area (Å²) in [5.41, 5.74) is 0. The van der Waals surface area contributed by atoms with Gasteiger partial charge in [0.1, 0.15) is 0 Å². The first-order valence-electron chi connectivity index (χ1n) is 2.77. The average molecular weight is 154 g/mol. The summed E-state index contributed by atoms with van der Waals surface area (Å²) < 4.78 is 4.95. The Morgan fingerprint density at radius 2 is 2.22 bits per heavy atom. The minimum absolute atomic E-state index is 0. The monoisotopic (exact) mass is 153 g/mol. The second-order valence-electron chi connectivity index (χ2n) is 2.00. The number of ether oxygens (including phenoxy) is 1. The lowest BCUT2D eigenvalue weighted by atomic mass is 10.2. The van der Waals surface area contributed by atoms with Crippen molar-refractivity contribution in [2.75, 3.05) is 20.3 Å². The van der Waals surface area contributed by atoms with Crippen molar-refractivity contribution in [3.8, 4) is 0 Å². The molecule has 1 heterocycles. The van der Waals surface area contributed by atoms with E-state index in [4.69, 9.17) is 9.84 Å². The van der Waals surface area contributed by atoms with Crippen LogP contribution in [-0.4, -0.2) is 37.5 Å². The molecule has 0 spiro atoms. The van der Waals surface area contributed by atoms with E-state index in [1.165, 1.54) is 0 Å². The Balaban J connectivity index is 0.000000640. The fourth-order valence-corrected chi connectivity index (χ4v) is 0.819. The highest BCUT2D eigenvalue weighted by Gasteiger charge is 2.23. The number of aliphatic hydroxyl groups excluding tert-OH is 1. The van der Waals surface area contributed by atoms with Gasteiger partial charge in [0.15, 0.2) is 0 Å². The lowest BCUT2D eigenvalue weighted by Crippen LogP contribution is -2.35. The molecule has 0 saturated carbocycles. The lowest BCUT2D eigenvalue weighted by molar-refractivity contribution is 0.123. The molecule has 0 aliphatic carbocycles. The molecule has 3 nitrogen and oxygen atoms in total. The number of aliphatic hydroxyl groups is 1. The number of nitrogens with one attached hydrogen (secondary N) is 1. The van der Waals surface area contributed by atoms with Gasteiger partial charge in [0.05, 0.1) is 25.4 Å². The molecule has 1 rings (SSSR count). The molecule has 0 radical (unpaired) electrons. The minimum atomic E-state index is -0.306. The molecule has 56 valence electrons. The molecule has 4 heteroatoms. The van der Waals surface area contributed by atoms with E-state index in [1.807, 2.05) is 7.05 Å². The first kappa shape index (κ1) is 9.17. The molecule has 2 atom stereocenters. The van der Waals surface area contributed by atoms with Crippen molar-refractivity contribution < 1.29 is 9.84 Å². The average Bonchev–Trinajstić information content (AvgIpc) is 2.14. The van der Waals surface area contributed by atoms with Crippen molar-refractivity contribution in [2.45, 2.75) is 12.1 Å². The van der Waals surface area contributed by atoms with Crippen molar-refractivity contribution in [3.63, 3.8) is 0 Å². The topological polar surface area (TPSA) is 41.5 Å². The van der Waals surface area contributed by atoms with Gasteiger partial charge in [-0.2, -0.15) is 0 Å². The quantitative estimate of drug-likeness (QED) is 0.528. The van der Waals surface area contributed by atoms with E-state index in [1.54, 1.807) is 0 Å². The third-order valence-electron chi connectivity index (χ3n) is 1.42. The molecule has 1 saturated heterocycles. The number of rotatable bonds is 1. The summed E-state index contributed by atoms with van der Waals surface area (Å²) in [6, 6.07) is 0.148. The first-order chi connectivity index (χ1) is 3.84. The molecule has 0 aromatic carbocycles. The lowest BCUT2D eigenvalue weighted by Gasteiger charge is -2.08. The summed E-state index contributed by atoms with van der Waals surface area (Å²) in [6.07, 6.45) is -0.306. The molecular weight excluding hydrogens is 142 g/mol. The van der Waals surface area contributed by atoms with E-state index in [0.717, 1.165) is 0 Å². The third kappa shape index (κ3) is 2.10. The first-order valence-corrected chi connectivity index (χ1v) is 2.77. The smallest absolute Gasteiger partial charge is 0.0948 e. The van der Waals surface area contributed by atoms with Gasteiger partial charge in [-0.1, -0.05) is 0 Å². The largest absolute Gasteiger partial charge is 0.389 e. The van der Waals surface area contributed by atoms with Crippen LogP contribution < -0.4 is 5.32 Å². The fourth-order valence-electron chi connectivity index (χ4n) is 0.819. The minimum Gasteiger partial charge on any atom is -0.389 e. The van der Waals surface area contributed by atoms with Gasteiger partial charge in [-0.3, -0.25) is 0 Å². The number of halogens is 1. The molecule has 2 unspecified atom stereocenters.